The Hall–Kier alpha value is -3.50. The highest BCUT2D eigenvalue weighted by atomic mass is 16.5. The molecule has 3 fully saturated rings. The Balaban J connectivity index is 1.05. The number of nitrogens with zero attached hydrogens (tertiary/aromatic N) is 7. The largest absolute Gasteiger partial charge is 0.493 e. The summed E-state index contributed by atoms with van der Waals surface area (Å²) in [7, 11) is 1.65. The number of pyridine rings is 2. The fourth-order valence-electron chi connectivity index (χ4n) is 6.70. The number of methoxy groups -OCH3 is 1. The maximum absolute atomic E-state index is 5.58. The summed E-state index contributed by atoms with van der Waals surface area (Å²) >= 11 is 0. The Morgan fingerprint density at radius 3 is 2.67 bits per heavy atom. The van der Waals surface area contributed by atoms with Crippen LogP contribution in [0.5, 0.6) is 5.75 Å². The van der Waals surface area contributed by atoms with Crippen LogP contribution >= 0.6 is 0 Å². The third-order valence-electron chi connectivity index (χ3n) is 8.61. The number of nitrogens with one attached hydrogen (secondary N) is 1. The molecule has 1 N–H and O–H groups in total. The van der Waals surface area contributed by atoms with E-state index in [0.717, 1.165) is 60.4 Å². The molecule has 3 aliphatic rings. The molecule has 0 radical (unpaired) electrons. The van der Waals surface area contributed by atoms with Crippen molar-refractivity contribution in [2.45, 2.75) is 32.6 Å². The van der Waals surface area contributed by atoms with Crippen molar-refractivity contribution in [3.05, 3.63) is 42.5 Å². The lowest BCUT2D eigenvalue weighted by Crippen LogP contribution is -2.72. The highest BCUT2D eigenvalue weighted by molar-refractivity contribution is 5.75. The van der Waals surface area contributed by atoms with E-state index in [9.17, 15) is 0 Å². The lowest BCUT2D eigenvalue weighted by Gasteiger charge is -2.61. The molecule has 204 valence electrons. The maximum atomic E-state index is 5.58. The van der Waals surface area contributed by atoms with E-state index in [0.29, 0.717) is 16.8 Å². The van der Waals surface area contributed by atoms with Crippen LogP contribution < -0.4 is 9.64 Å². The number of hydrogen-bond acceptors (Lipinski definition) is 8. The Bertz CT molecular complexity index is 1460. The molecule has 10 heteroatoms. The summed E-state index contributed by atoms with van der Waals surface area (Å²) < 4.78 is 12.8. The number of rotatable bonds is 7. The average Bonchev–Trinajstić information content (AvgIpc) is 3.57. The molecule has 0 unspecified atom stereocenters. The van der Waals surface area contributed by atoms with E-state index in [2.05, 4.69) is 51.0 Å². The van der Waals surface area contributed by atoms with Gasteiger partial charge in [0.2, 0.25) is 0 Å². The molecule has 39 heavy (non-hydrogen) atoms. The quantitative estimate of drug-likeness (QED) is 0.386. The first kappa shape index (κ1) is 24.5. The standard InChI is InChI=1S/C29H36N8O2/c1-19(2)25-26(21-10-24(38-3)28-31-18-32-37(28)13-21)33-34-27(25)23-5-4-22(11-30-23)36-16-29(17-36)14-35(15-29)12-20-6-8-39-9-7-20/h4-5,10-11,13,18-20H,6-9,12,14-17H2,1-3H3,(H,33,34). The molecule has 0 atom stereocenters. The van der Waals surface area contributed by atoms with Gasteiger partial charge in [-0.25, -0.2) is 9.50 Å². The minimum Gasteiger partial charge on any atom is -0.493 e. The van der Waals surface area contributed by atoms with Gasteiger partial charge < -0.3 is 19.3 Å². The van der Waals surface area contributed by atoms with Crippen LogP contribution in [0.3, 0.4) is 0 Å². The van der Waals surface area contributed by atoms with Gasteiger partial charge in [-0.2, -0.15) is 10.2 Å². The molecular weight excluding hydrogens is 492 g/mol. The first-order valence-corrected chi connectivity index (χ1v) is 14.0. The van der Waals surface area contributed by atoms with Crippen LogP contribution in [0.25, 0.3) is 28.3 Å². The highest BCUT2D eigenvalue weighted by Gasteiger charge is 2.51. The number of hydrogen-bond donors (Lipinski definition) is 1. The first-order valence-electron chi connectivity index (χ1n) is 14.0. The molecule has 4 aromatic rings. The van der Waals surface area contributed by atoms with E-state index in [1.807, 2.05) is 18.5 Å². The molecule has 0 aliphatic carbocycles. The molecule has 7 heterocycles. The van der Waals surface area contributed by atoms with Crippen molar-refractivity contribution in [2.75, 3.05) is 57.9 Å². The minimum absolute atomic E-state index is 0.241. The Kier molecular flexibility index (Phi) is 6.04. The Morgan fingerprint density at radius 2 is 1.95 bits per heavy atom. The molecular formula is C29H36N8O2. The third kappa shape index (κ3) is 4.35. The van der Waals surface area contributed by atoms with Gasteiger partial charge in [-0.15, -0.1) is 0 Å². The zero-order chi connectivity index (χ0) is 26.6. The SMILES string of the molecule is COc1cc(-c2[nH]nc(-c3ccc(N4CC5(CN(CC6CCOCC6)C5)C4)cn3)c2C(C)C)cn2ncnc12. The van der Waals surface area contributed by atoms with Crippen LogP contribution in [0, 0.1) is 11.3 Å². The number of fused-ring (bicyclic) bond motifs is 1. The zero-order valence-electron chi connectivity index (χ0n) is 22.9. The van der Waals surface area contributed by atoms with Crippen molar-refractivity contribution in [3.63, 3.8) is 0 Å². The van der Waals surface area contributed by atoms with Crippen molar-refractivity contribution < 1.29 is 9.47 Å². The van der Waals surface area contributed by atoms with Crippen LogP contribution in [-0.2, 0) is 4.74 Å². The molecule has 1 spiro atoms. The smallest absolute Gasteiger partial charge is 0.197 e. The maximum Gasteiger partial charge on any atom is 0.197 e. The summed E-state index contributed by atoms with van der Waals surface area (Å²) in [5, 5.41) is 12.3. The summed E-state index contributed by atoms with van der Waals surface area (Å²) in [5.41, 5.74) is 7.12. The van der Waals surface area contributed by atoms with Crippen molar-refractivity contribution in [2.24, 2.45) is 11.3 Å². The number of anilines is 1. The Labute approximate surface area is 228 Å². The van der Waals surface area contributed by atoms with Gasteiger partial charge in [0.1, 0.15) is 12.0 Å². The number of H-pyrrole nitrogens is 1. The summed E-state index contributed by atoms with van der Waals surface area (Å²) in [6.45, 7) is 12.2. The fourth-order valence-corrected chi connectivity index (χ4v) is 6.70. The molecule has 0 amide bonds. The van der Waals surface area contributed by atoms with Gasteiger partial charge in [-0.1, -0.05) is 13.8 Å². The summed E-state index contributed by atoms with van der Waals surface area (Å²) in [6.07, 6.45) is 7.92. The van der Waals surface area contributed by atoms with Crippen LogP contribution in [0.1, 0.15) is 38.2 Å². The van der Waals surface area contributed by atoms with Crippen LogP contribution in [0.15, 0.2) is 36.9 Å². The Morgan fingerprint density at radius 1 is 1.13 bits per heavy atom. The van der Waals surface area contributed by atoms with Gasteiger partial charge in [0.25, 0.3) is 0 Å². The molecule has 0 bridgehead atoms. The van der Waals surface area contributed by atoms with Crippen molar-refractivity contribution in [3.8, 4) is 28.4 Å². The fraction of sp³-hybridized carbons (Fsp3) is 0.517. The van der Waals surface area contributed by atoms with Gasteiger partial charge in [-0.05, 0) is 42.9 Å². The third-order valence-corrected chi connectivity index (χ3v) is 8.61. The van der Waals surface area contributed by atoms with Crippen molar-refractivity contribution in [1.29, 1.82) is 0 Å². The zero-order valence-corrected chi connectivity index (χ0v) is 22.9. The van der Waals surface area contributed by atoms with Crippen LogP contribution in [0.4, 0.5) is 5.69 Å². The molecule has 3 saturated heterocycles. The van der Waals surface area contributed by atoms with E-state index in [1.54, 1.807) is 11.6 Å². The highest BCUT2D eigenvalue weighted by Crippen LogP contribution is 2.43. The van der Waals surface area contributed by atoms with E-state index in [-0.39, 0.29) is 5.92 Å². The molecule has 0 saturated carbocycles. The first-order chi connectivity index (χ1) is 19.0. The lowest BCUT2D eigenvalue weighted by molar-refractivity contribution is -0.0427. The van der Waals surface area contributed by atoms with Gasteiger partial charge in [0.15, 0.2) is 11.4 Å². The number of ether oxygens (including phenoxy) is 2. The van der Waals surface area contributed by atoms with Gasteiger partial charge in [-0.3, -0.25) is 10.1 Å². The van der Waals surface area contributed by atoms with Gasteiger partial charge in [0, 0.05) is 68.7 Å². The predicted octanol–water partition coefficient (Wildman–Crippen LogP) is 3.86. The van der Waals surface area contributed by atoms with E-state index < -0.39 is 0 Å². The average molecular weight is 529 g/mol. The molecule has 4 aromatic heterocycles. The number of aromatic amines is 1. The predicted molar refractivity (Wildman–Crippen MR) is 149 cm³/mol. The second kappa shape index (κ2) is 9.60. The molecule has 0 aromatic carbocycles. The van der Waals surface area contributed by atoms with Crippen LogP contribution in [-0.4, -0.2) is 87.7 Å². The summed E-state index contributed by atoms with van der Waals surface area (Å²) in [6, 6.07) is 6.27. The van der Waals surface area contributed by atoms with E-state index >= 15 is 0 Å². The second-order valence-electron chi connectivity index (χ2n) is 11.8. The van der Waals surface area contributed by atoms with Crippen LogP contribution in [0.2, 0.25) is 0 Å². The normalized spacial score (nSPS) is 19.5. The van der Waals surface area contributed by atoms with Crippen molar-refractivity contribution >= 4 is 11.3 Å². The van der Waals surface area contributed by atoms with E-state index in [1.165, 1.54) is 44.5 Å². The number of likely N-dealkylation sites (tertiary alicyclic amines) is 1. The van der Waals surface area contributed by atoms with E-state index in [4.69, 9.17) is 19.6 Å². The molecule has 3 aliphatic heterocycles. The molecule has 7 rings (SSSR count). The monoisotopic (exact) mass is 528 g/mol. The summed E-state index contributed by atoms with van der Waals surface area (Å²) in [4.78, 5) is 14.3. The lowest BCUT2D eigenvalue weighted by atomic mass is 9.72. The van der Waals surface area contributed by atoms with Crippen molar-refractivity contribution in [1.82, 2.24) is 34.7 Å². The topological polar surface area (TPSA) is 96.7 Å². The second-order valence-corrected chi connectivity index (χ2v) is 11.8. The minimum atomic E-state index is 0.241. The molecule has 10 nitrogen and oxygen atoms in total. The number of aromatic nitrogens is 6. The summed E-state index contributed by atoms with van der Waals surface area (Å²) in [5.74, 6) is 1.73. The van der Waals surface area contributed by atoms with Gasteiger partial charge in [0.05, 0.1) is 30.4 Å². The van der Waals surface area contributed by atoms with Gasteiger partial charge >= 0.3 is 0 Å².